The van der Waals surface area contributed by atoms with Crippen LogP contribution in [0.3, 0.4) is 0 Å². The summed E-state index contributed by atoms with van der Waals surface area (Å²) < 4.78 is 21.0. The lowest BCUT2D eigenvalue weighted by Gasteiger charge is -2.19. The second-order valence-corrected chi connectivity index (χ2v) is 3.71. The first-order valence-electron chi connectivity index (χ1n) is 5.90. The Bertz CT molecular complexity index is 354. The third kappa shape index (κ3) is 4.40. The summed E-state index contributed by atoms with van der Waals surface area (Å²) in [4.78, 5) is 0. The Morgan fingerprint density at radius 3 is 2.39 bits per heavy atom. The molecule has 0 bridgehead atoms. The minimum Gasteiger partial charge on any atom is -0.488 e. The van der Waals surface area contributed by atoms with Crippen LogP contribution in [0.4, 0.5) is 0 Å². The van der Waals surface area contributed by atoms with E-state index < -0.39 is 0 Å². The van der Waals surface area contributed by atoms with Crippen molar-refractivity contribution in [3.05, 3.63) is 23.2 Å². The van der Waals surface area contributed by atoms with Crippen molar-refractivity contribution in [2.45, 2.75) is 12.8 Å². The highest BCUT2D eigenvalue weighted by atomic mass is 16.6. The van der Waals surface area contributed by atoms with Crippen LogP contribution in [0.25, 0.3) is 0 Å². The van der Waals surface area contributed by atoms with Crippen LogP contribution in [-0.2, 0) is 18.9 Å². The molecule has 0 saturated heterocycles. The fourth-order valence-electron chi connectivity index (χ4n) is 1.55. The largest absolute Gasteiger partial charge is 0.488 e. The van der Waals surface area contributed by atoms with E-state index in [4.69, 9.17) is 24.2 Å². The smallest absolute Gasteiger partial charge is 0.174 e. The van der Waals surface area contributed by atoms with Gasteiger partial charge in [-0.05, 0) is 18.9 Å². The van der Waals surface area contributed by atoms with E-state index in [2.05, 4.69) is 6.07 Å². The van der Waals surface area contributed by atoms with Crippen molar-refractivity contribution in [2.24, 2.45) is 0 Å². The molecule has 1 aliphatic carbocycles. The Morgan fingerprint density at radius 1 is 1.11 bits per heavy atom. The summed E-state index contributed by atoms with van der Waals surface area (Å²) in [6, 6.07) is 2.16. The first-order valence-corrected chi connectivity index (χ1v) is 5.90. The molecule has 5 heteroatoms. The Balaban J connectivity index is 2.64. The highest BCUT2D eigenvalue weighted by Gasteiger charge is 2.19. The molecule has 0 unspecified atom stereocenters. The maximum atomic E-state index is 9.08. The summed E-state index contributed by atoms with van der Waals surface area (Å²) in [5, 5.41) is 9.08. The molecular weight excluding hydrogens is 234 g/mol. The minimum absolute atomic E-state index is 0.405. The number of nitriles is 1. The Kier molecular flexibility index (Phi) is 6.92. The van der Waals surface area contributed by atoms with Crippen molar-refractivity contribution >= 4 is 0 Å². The van der Waals surface area contributed by atoms with Gasteiger partial charge in [0.25, 0.3) is 0 Å². The summed E-state index contributed by atoms with van der Waals surface area (Å²) in [7, 11) is 3.22. The first kappa shape index (κ1) is 14.6. The van der Waals surface area contributed by atoms with E-state index in [1.165, 1.54) is 0 Å². The zero-order chi connectivity index (χ0) is 13.2. The molecule has 0 N–H and O–H groups in total. The maximum absolute atomic E-state index is 9.08. The number of allylic oxidation sites excluding steroid dienone is 2. The quantitative estimate of drug-likeness (QED) is 0.617. The van der Waals surface area contributed by atoms with Crippen LogP contribution < -0.4 is 0 Å². The standard InChI is InChI=1S/C13H19NO4/c1-15-6-8-17-12-5-3-4-11(10-14)13(12)18-9-7-16-2/h5H,3-4,6-9H2,1-2H3. The highest BCUT2D eigenvalue weighted by molar-refractivity contribution is 5.38. The molecule has 0 radical (unpaired) electrons. The molecule has 0 aromatic heterocycles. The monoisotopic (exact) mass is 253 g/mol. The fourth-order valence-corrected chi connectivity index (χ4v) is 1.55. The molecular formula is C13H19NO4. The van der Waals surface area contributed by atoms with Crippen LogP contribution in [0, 0.1) is 11.3 Å². The molecule has 0 amide bonds. The van der Waals surface area contributed by atoms with Gasteiger partial charge in [-0.2, -0.15) is 5.26 Å². The lowest BCUT2D eigenvalue weighted by atomic mass is 10.0. The number of nitrogens with zero attached hydrogens (tertiary/aromatic N) is 1. The minimum atomic E-state index is 0.405. The summed E-state index contributed by atoms with van der Waals surface area (Å²) in [5.74, 6) is 1.17. The van der Waals surface area contributed by atoms with Crippen molar-refractivity contribution in [1.82, 2.24) is 0 Å². The first-order chi connectivity index (χ1) is 8.83. The van der Waals surface area contributed by atoms with Crippen LogP contribution in [0.1, 0.15) is 12.8 Å². The average Bonchev–Trinajstić information content (AvgIpc) is 2.40. The van der Waals surface area contributed by atoms with E-state index >= 15 is 0 Å². The molecule has 0 aromatic rings. The van der Waals surface area contributed by atoms with Crippen molar-refractivity contribution in [3.8, 4) is 6.07 Å². The molecule has 0 fully saturated rings. The van der Waals surface area contributed by atoms with Gasteiger partial charge in [0.05, 0.1) is 24.9 Å². The Hall–Kier alpha value is -1.51. The average molecular weight is 253 g/mol. The van der Waals surface area contributed by atoms with Crippen LogP contribution in [0.2, 0.25) is 0 Å². The van der Waals surface area contributed by atoms with Crippen LogP contribution in [0.15, 0.2) is 23.2 Å². The third-order valence-corrected chi connectivity index (χ3v) is 2.44. The van der Waals surface area contributed by atoms with Crippen molar-refractivity contribution in [1.29, 1.82) is 5.26 Å². The number of ether oxygens (including phenoxy) is 4. The zero-order valence-electron chi connectivity index (χ0n) is 10.9. The van der Waals surface area contributed by atoms with E-state index in [1.54, 1.807) is 14.2 Å². The Morgan fingerprint density at radius 2 is 1.78 bits per heavy atom. The predicted octanol–water partition coefficient (Wildman–Crippen LogP) is 1.77. The van der Waals surface area contributed by atoms with Gasteiger partial charge in [0.1, 0.15) is 13.2 Å². The van der Waals surface area contributed by atoms with Gasteiger partial charge in [-0.25, -0.2) is 0 Å². The normalized spacial score (nSPS) is 15.1. The summed E-state index contributed by atoms with van der Waals surface area (Å²) in [6.45, 7) is 1.83. The van der Waals surface area contributed by atoms with Gasteiger partial charge in [0.2, 0.25) is 0 Å². The molecule has 18 heavy (non-hydrogen) atoms. The molecule has 0 spiro atoms. The highest BCUT2D eigenvalue weighted by Crippen LogP contribution is 2.26. The van der Waals surface area contributed by atoms with E-state index in [-0.39, 0.29) is 0 Å². The second kappa shape index (κ2) is 8.56. The third-order valence-electron chi connectivity index (χ3n) is 2.44. The van der Waals surface area contributed by atoms with Gasteiger partial charge in [-0.3, -0.25) is 0 Å². The van der Waals surface area contributed by atoms with E-state index in [0.717, 1.165) is 6.42 Å². The lowest BCUT2D eigenvalue weighted by Crippen LogP contribution is -2.12. The van der Waals surface area contributed by atoms with Gasteiger partial charge < -0.3 is 18.9 Å². The summed E-state index contributed by atoms with van der Waals surface area (Å²) in [5.41, 5.74) is 0.626. The van der Waals surface area contributed by atoms with Gasteiger partial charge >= 0.3 is 0 Å². The summed E-state index contributed by atoms with van der Waals surface area (Å²) in [6.07, 6.45) is 3.43. The summed E-state index contributed by atoms with van der Waals surface area (Å²) >= 11 is 0. The zero-order valence-corrected chi connectivity index (χ0v) is 10.9. The van der Waals surface area contributed by atoms with Crippen molar-refractivity contribution in [3.63, 3.8) is 0 Å². The molecule has 1 rings (SSSR count). The van der Waals surface area contributed by atoms with Gasteiger partial charge in [-0.15, -0.1) is 0 Å². The lowest BCUT2D eigenvalue weighted by molar-refractivity contribution is 0.0761. The molecule has 100 valence electrons. The number of hydrogen-bond acceptors (Lipinski definition) is 5. The molecule has 0 aromatic carbocycles. The van der Waals surface area contributed by atoms with E-state index in [0.29, 0.717) is 49.9 Å². The topological polar surface area (TPSA) is 60.7 Å². The van der Waals surface area contributed by atoms with E-state index in [9.17, 15) is 0 Å². The Labute approximate surface area is 108 Å². The molecule has 0 atom stereocenters. The molecule has 0 heterocycles. The van der Waals surface area contributed by atoms with Crippen molar-refractivity contribution in [2.75, 3.05) is 40.6 Å². The van der Waals surface area contributed by atoms with Gasteiger partial charge in [0.15, 0.2) is 11.5 Å². The van der Waals surface area contributed by atoms with E-state index in [1.807, 2.05) is 6.08 Å². The number of methoxy groups -OCH3 is 2. The maximum Gasteiger partial charge on any atom is 0.174 e. The molecule has 1 aliphatic rings. The number of hydrogen-bond donors (Lipinski definition) is 0. The predicted molar refractivity (Wildman–Crippen MR) is 65.6 cm³/mol. The van der Waals surface area contributed by atoms with Crippen LogP contribution in [-0.4, -0.2) is 40.6 Å². The van der Waals surface area contributed by atoms with Crippen molar-refractivity contribution < 1.29 is 18.9 Å². The molecule has 0 saturated carbocycles. The second-order valence-electron chi connectivity index (χ2n) is 3.71. The SMILES string of the molecule is COCCOC1=CCCC(C#N)=C1OCCOC. The van der Waals surface area contributed by atoms with Crippen LogP contribution >= 0.6 is 0 Å². The van der Waals surface area contributed by atoms with Crippen LogP contribution in [0.5, 0.6) is 0 Å². The fraction of sp³-hybridized carbons (Fsp3) is 0.615. The van der Waals surface area contributed by atoms with Gasteiger partial charge in [0, 0.05) is 14.2 Å². The van der Waals surface area contributed by atoms with Gasteiger partial charge in [-0.1, -0.05) is 0 Å². The molecule has 0 aliphatic heterocycles. The molecule has 5 nitrogen and oxygen atoms in total. The number of rotatable bonds is 8.